The van der Waals surface area contributed by atoms with Crippen LogP contribution < -0.4 is 22.1 Å². The fourth-order valence-corrected chi connectivity index (χ4v) is 3.34. The number of carbonyl (C=O) groups is 4. The van der Waals surface area contributed by atoms with Crippen LogP contribution in [0.5, 0.6) is 0 Å². The lowest BCUT2D eigenvalue weighted by Gasteiger charge is -2.17. The first-order valence-electron chi connectivity index (χ1n) is 11.9. The van der Waals surface area contributed by atoms with Gasteiger partial charge in [-0.25, -0.2) is 19.6 Å². The molecule has 0 fully saturated rings. The molecule has 40 heavy (non-hydrogen) atoms. The Morgan fingerprint density at radius 3 is 1.35 bits per heavy atom. The SMILES string of the molecule is Nc1nc(C(=O)N[C@H](COCc2ccccc2)C(=O)O)c(N)nc1C(=O)N[C@H](COCc1ccccc1)C(=O)O. The number of nitrogens with zero attached hydrogens (tertiary/aromatic N) is 2. The number of carboxylic acids is 2. The van der Waals surface area contributed by atoms with Crippen molar-refractivity contribution in [1.82, 2.24) is 20.6 Å². The van der Waals surface area contributed by atoms with Gasteiger partial charge in [0, 0.05) is 0 Å². The van der Waals surface area contributed by atoms with Crippen molar-refractivity contribution in [3.63, 3.8) is 0 Å². The topological polar surface area (TPSA) is 229 Å². The Bertz CT molecular complexity index is 1240. The second-order valence-electron chi connectivity index (χ2n) is 8.42. The van der Waals surface area contributed by atoms with Crippen LogP contribution in [0.25, 0.3) is 0 Å². The third kappa shape index (κ3) is 8.47. The van der Waals surface area contributed by atoms with Gasteiger partial charge in [0.15, 0.2) is 35.1 Å². The van der Waals surface area contributed by atoms with E-state index in [2.05, 4.69) is 20.6 Å². The number of aromatic nitrogens is 2. The second kappa shape index (κ2) is 14.2. The minimum Gasteiger partial charge on any atom is -0.480 e. The summed E-state index contributed by atoms with van der Waals surface area (Å²) in [5.74, 6) is -5.83. The van der Waals surface area contributed by atoms with E-state index in [1.807, 2.05) is 12.1 Å². The highest BCUT2D eigenvalue weighted by Gasteiger charge is 2.27. The molecule has 2 atom stereocenters. The van der Waals surface area contributed by atoms with E-state index in [-0.39, 0.29) is 26.4 Å². The summed E-state index contributed by atoms with van der Waals surface area (Å²) in [4.78, 5) is 56.2. The number of nitrogens with two attached hydrogens (primary N) is 2. The number of nitrogens with one attached hydrogen (secondary N) is 2. The summed E-state index contributed by atoms with van der Waals surface area (Å²) in [6, 6.07) is 15.1. The number of amides is 2. The van der Waals surface area contributed by atoms with Crippen LogP contribution in [0.3, 0.4) is 0 Å². The molecule has 0 spiro atoms. The number of carboxylic acid groups (broad SMARTS) is 2. The van der Waals surface area contributed by atoms with E-state index < -0.39 is 58.9 Å². The van der Waals surface area contributed by atoms with Crippen molar-refractivity contribution in [2.45, 2.75) is 25.3 Å². The molecular formula is C26H28N6O8. The summed E-state index contributed by atoms with van der Waals surface area (Å²) in [7, 11) is 0. The minimum absolute atomic E-state index is 0.119. The van der Waals surface area contributed by atoms with Gasteiger partial charge in [0.05, 0.1) is 26.4 Å². The number of hydrogen-bond acceptors (Lipinski definition) is 10. The van der Waals surface area contributed by atoms with Crippen molar-refractivity contribution in [3.8, 4) is 0 Å². The first kappa shape index (κ1) is 29.5. The maximum Gasteiger partial charge on any atom is 0.328 e. The molecule has 0 aliphatic carbocycles. The van der Waals surface area contributed by atoms with Gasteiger partial charge in [-0.2, -0.15) is 0 Å². The van der Waals surface area contributed by atoms with Gasteiger partial charge < -0.3 is 41.8 Å². The molecule has 14 nitrogen and oxygen atoms in total. The highest BCUT2D eigenvalue weighted by molar-refractivity contribution is 6.02. The largest absolute Gasteiger partial charge is 0.480 e. The lowest BCUT2D eigenvalue weighted by Crippen LogP contribution is -2.45. The van der Waals surface area contributed by atoms with E-state index in [9.17, 15) is 29.4 Å². The molecule has 3 aromatic rings. The van der Waals surface area contributed by atoms with Crippen LogP contribution >= 0.6 is 0 Å². The lowest BCUT2D eigenvalue weighted by atomic mass is 10.2. The monoisotopic (exact) mass is 552 g/mol. The van der Waals surface area contributed by atoms with Crippen LogP contribution in [0.15, 0.2) is 60.7 Å². The normalized spacial score (nSPS) is 12.2. The molecule has 0 unspecified atom stereocenters. The van der Waals surface area contributed by atoms with Crippen molar-refractivity contribution >= 4 is 35.4 Å². The number of aliphatic carboxylic acids is 2. The molecular weight excluding hydrogens is 524 g/mol. The molecule has 8 N–H and O–H groups in total. The number of anilines is 2. The Kier molecular flexibility index (Phi) is 10.4. The summed E-state index contributed by atoms with van der Waals surface area (Å²) in [5, 5.41) is 23.4. The number of nitrogen functional groups attached to an aromatic ring is 2. The molecule has 0 bridgehead atoms. The molecule has 2 amide bonds. The number of hydrogen-bond donors (Lipinski definition) is 6. The van der Waals surface area contributed by atoms with Gasteiger partial charge in [-0.1, -0.05) is 60.7 Å². The summed E-state index contributed by atoms with van der Waals surface area (Å²) in [5.41, 5.74) is 12.2. The van der Waals surface area contributed by atoms with Crippen LogP contribution in [0.1, 0.15) is 32.1 Å². The third-order valence-electron chi connectivity index (χ3n) is 5.38. The van der Waals surface area contributed by atoms with E-state index in [0.717, 1.165) is 11.1 Å². The number of benzene rings is 2. The lowest BCUT2D eigenvalue weighted by molar-refractivity contribution is -0.142. The Hall–Kier alpha value is -5.08. The Morgan fingerprint density at radius 1 is 0.675 bits per heavy atom. The van der Waals surface area contributed by atoms with Crippen LogP contribution in [0.2, 0.25) is 0 Å². The number of ether oxygens (including phenoxy) is 2. The average Bonchev–Trinajstić information content (AvgIpc) is 2.93. The summed E-state index contributed by atoms with van der Waals surface area (Å²) < 4.78 is 10.8. The number of carbonyl (C=O) groups excluding carboxylic acids is 2. The standard InChI is InChI=1S/C26H28N6O8/c27-21-19(23(33)29-17(25(35)36)13-39-11-15-7-3-1-4-8-15)31-22(28)20(32-21)24(34)30-18(26(37)38)14-40-12-16-9-5-2-6-10-16/h1-10,17-18H,11-14H2,(H2,28,31)(H2,27,32)(H,29,33)(H,30,34)(H,35,36)(H,37,38)/t17-,18-/m1/s1. The summed E-state index contributed by atoms with van der Waals surface area (Å²) in [6.45, 7) is -0.480. The Labute approximate surface area is 228 Å². The fraction of sp³-hybridized carbons (Fsp3) is 0.231. The average molecular weight is 553 g/mol. The van der Waals surface area contributed by atoms with Gasteiger partial charge in [-0.15, -0.1) is 0 Å². The van der Waals surface area contributed by atoms with Crippen molar-refractivity contribution < 1.29 is 38.9 Å². The maximum atomic E-state index is 12.7. The molecule has 1 heterocycles. The quantitative estimate of drug-likeness (QED) is 0.160. The van der Waals surface area contributed by atoms with Crippen molar-refractivity contribution in [2.24, 2.45) is 0 Å². The van der Waals surface area contributed by atoms with Gasteiger partial charge in [-0.05, 0) is 11.1 Å². The van der Waals surface area contributed by atoms with Gasteiger partial charge in [0.1, 0.15) is 0 Å². The molecule has 0 aliphatic rings. The van der Waals surface area contributed by atoms with Gasteiger partial charge in [0.25, 0.3) is 11.8 Å². The van der Waals surface area contributed by atoms with E-state index in [1.165, 1.54) is 0 Å². The molecule has 2 aromatic carbocycles. The summed E-state index contributed by atoms with van der Waals surface area (Å²) >= 11 is 0. The van der Waals surface area contributed by atoms with E-state index in [4.69, 9.17) is 20.9 Å². The van der Waals surface area contributed by atoms with Gasteiger partial charge in [-0.3, -0.25) is 9.59 Å². The zero-order valence-corrected chi connectivity index (χ0v) is 21.1. The molecule has 0 saturated carbocycles. The smallest absolute Gasteiger partial charge is 0.328 e. The zero-order valence-electron chi connectivity index (χ0n) is 21.1. The van der Waals surface area contributed by atoms with E-state index in [1.54, 1.807) is 48.5 Å². The third-order valence-corrected chi connectivity index (χ3v) is 5.38. The fourth-order valence-electron chi connectivity index (χ4n) is 3.34. The molecule has 3 rings (SSSR count). The van der Waals surface area contributed by atoms with Gasteiger partial charge in [0.2, 0.25) is 0 Å². The van der Waals surface area contributed by atoms with Crippen molar-refractivity contribution in [2.75, 3.05) is 24.7 Å². The minimum atomic E-state index is -1.45. The molecule has 0 aliphatic heterocycles. The highest BCUT2D eigenvalue weighted by atomic mass is 16.5. The molecule has 210 valence electrons. The first-order chi connectivity index (χ1) is 19.2. The van der Waals surface area contributed by atoms with E-state index in [0.29, 0.717) is 0 Å². The predicted molar refractivity (Wildman–Crippen MR) is 141 cm³/mol. The first-order valence-corrected chi connectivity index (χ1v) is 11.9. The van der Waals surface area contributed by atoms with E-state index >= 15 is 0 Å². The summed E-state index contributed by atoms with van der Waals surface area (Å²) in [6.07, 6.45) is 0. The zero-order chi connectivity index (χ0) is 29.1. The van der Waals surface area contributed by atoms with Gasteiger partial charge >= 0.3 is 11.9 Å². The maximum absolute atomic E-state index is 12.7. The number of rotatable bonds is 14. The molecule has 0 saturated heterocycles. The van der Waals surface area contributed by atoms with Crippen LogP contribution in [-0.4, -0.2) is 69.2 Å². The van der Waals surface area contributed by atoms with Crippen LogP contribution in [0, 0.1) is 0 Å². The van der Waals surface area contributed by atoms with Crippen LogP contribution in [-0.2, 0) is 32.3 Å². The Morgan fingerprint density at radius 2 is 1.02 bits per heavy atom. The molecule has 14 heteroatoms. The molecule has 1 aromatic heterocycles. The van der Waals surface area contributed by atoms with Crippen molar-refractivity contribution in [3.05, 3.63) is 83.2 Å². The van der Waals surface area contributed by atoms with Crippen LogP contribution in [0.4, 0.5) is 11.6 Å². The Balaban J connectivity index is 1.61. The molecule has 0 radical (unpaired) electrons. The van der Waals surface area contributed by atoms with Crippen molar-refractivity contribution in [1.29, 1.82) is 0 Å². The predicted octanol–water partition coefficient (Wildman–Crippen LogP) is 0.441. The highest BCUT2D eigenvalue weighted by Crippen LogP contribution is 2.14. The second-order valence-corrected chi connectivity index (χ2v) is 8.42.